The van der Waals surface area contributed by atoms with Gasteiger partial charge in [0.05, 0.1) is 31.9 Å². The molecule has 0 saturated carbocycles. The Morgan fingerprint density at radius 3 is 2.36 bits per heavy atom. The number of likely N-dealkylation sites (tertiary alicyclic amines) is 1. The molecule has 222 valence electrons. The molecule has 1 unspecified atom stereocenters. The van der Waals surface area contributed by atoms with Crippen molar-refractivity contribution in [1.82, 2.24) is 4.90 Å². The number of aliphatic hydroxyl groups excluding tert-OH is 1. The van der Waals surface area contributed by atoms with Gasteiger partial charge in [-0.05, 0) is 66.8 Å². The van der Waals surface area contributed by atoms with Gasteiger partial charge in [-0.3, -0.25) is 9.59 Å². The highest BCUT2D eigenvalue weighted by Gasteiger charge is 2.46. The number of ketones is 1. The van der Waals surface area contributed by atoms with Gasteiger partial charge in [0.25, 0.3) is 11.7 Å². The van der Waals surface area contributed by atoms with Crippen molar-refractivity contribution in [1.29, 1.82) is 0 Å². The molecule has 0 radical (unpaired) electrons. The molecular weight excluding hydrogens is 534 g/mol. The zero-order valence-electron chi connectivity index (χ0n) is 24.9. The summed E-state index contributed by atoms with van der Waals surface area (Å²) in [6.07, 6.45) is 0.887. The Kier molecular flexibility index (Phi) is 10.3. The summed E-state index contributed by atoms with van der Waals surface area (Å²) in [4.78, 5) is 27.9. The minimum Gasteiger partial charge on any atom is -0.507 e. The third-order valence-electron chi connectivity index (χ3n) is 7.15. The van der Waals surface area contributed by atoms with E-state index in [-0.39, 0.29) is 24.5 Å². The molecule has 1 N–H and O–H groups in total. The number of ether oxygens (including phenoxy) is 4. The standard InChI is InChI=1S/C34H39NO7/c1-22(2)15-17-41-28-14-11-26(20-29(28)40-5)31-30(33(37)34(38)35(31)16-18-39-4)32(36)25-9-12-27(13-10-25)42-21-24-8-6-7-23(3)19-24/h6-14,19-20,22,31,36H,15-18,21H2,1-5H3. The molecule has 3 aromatic carbocycles. The molecule has 1 heterocycles. The van der Waals surface area contributed by atoms with E-state index in [1.165, 1.54) is 12.0 Å². The Morgan fingerprint density at radius 1 is 0.929 bits per heavy atom. The van der Waals surface area contributed by atoms with Crippen LogP contribution in [0, 0.1) is 12.8 Å². The van der Waals surface area contributed by atoms with Gasteiger partial charge < -0.3 is 29.0 Å². The first-order valence-electron chi connectivity index (χ1n) is 14.1. The van der Waals surface area contributed by atoms with Crippen LogP contribution in [0.3, 0.4) is 0 Å². The number of rotatable bonds is 13. The first-order valence-corrected chi connectivity index (χ1v) is 14.1. The quantitative estimate of drug-likeness (QED) is 0.151. The van der Waals surface area contributed by atoms with Crippen molar-refractivity contribution in [3.63, 3.8) is 0 Å². The van der Waals surface area contributed by atoms with Crippen LogP contribution in [-0.4, -0.2) is 55.7 Å². The number of aryl methyl sites for hydroxylation is 1. The van der Waals surface area contributed by atoms with Gasteiger partial charge in [-0.15, -0.1) is 0 Å². The number of hydrogen-bond acceptors (Lipinski definition) is 7. The molecule has 1 aliphatic rings. The molecule has 0 aromatic heterocycles. The summed E-state index contributed by atoms with van der Waals surface area (Å²) in [6, 6.07) is 19.3. The SMILES string of the molecule is COCCN1C(=O)C(=O)C(=C(O)c2ccc(OCc3cccc(C)c3)cc2)C1c1ccc(OCCC(C)C)c(OC)c1. The highest BCUT2D eigenvalue weighted by atomic mass is 16.5. The highest BCUT2D eigenvalue weighted by molar-refractivity contribution is 6.46. The zero-order valence-corrected chi connectivity index (χ0v) is 24.9. The lowest BCUT2D eigenvalue weighted by Gasteiger charge is -2.25. The van der Waals surface area contributed by atoms with Crippen LogP contribution in [-0.2, 0) is 20.9 Å². The van der Waals surface area contributed by atoms with Crippen LogP contribution in [0.4, 0.5) is 0 Å². The summed E-state index contributed by atoms with van der Waals surface area (Å²) in [5.41, 5.74) is 3.20. The predicted molar refractivity (Wildman–Crippen MR) is 161 cm³/mol. The van der Waals surface area contributed by atoms with Crippen LogP contribution in [0.15, 0.2) is 72.3 Å². The number of amides is 1. The fourth-order valence-electron chi connectivity index (χ4n) is 4.86. The minimum absolute atomic E-state index is 0.0000569. The normalized spacial score (nSPS) is 16.2. The van der Waals surface area contributed by atoms with Gasteiger partial charge in [0.2, 0.25) is 0 Å². The summed E-state index contributed by atoms with van der Waals surface area (Å²) >= 11 is 0. The number of Topliss-reactive ketones (excluding diaryl/α,β-unsaturated/α-hetero) is 1. The van der Waals surface area contributed by atoms with Gasteiger partial charge in [-0.1, -0.05) is 49.7 Å². The van der Waals surface area contributed by atoms with E-state index in [4.69, 9.17) is 18.9 Å². The molecule has 8 heteroatoms. The fourth-order valence-corrected chi connectivity index (χ4v) is 4.86. The van der Waals surface area contributed by atoms with Crippen LogP contribution in [0.25, 0.3) is 5.76 Å². The van der Waals surface area contributed by atoms with Gasteiger partial charge >= 0.3 is 0 Å². The molecule has 0 spiro atoms. The van der Waals surface area contributed by atoms with Crippen molar-refractivity contribution >= 4 is 17.4 Å². The first kappa shape index (κ1) is 30.7. The van der Waals surface area contributed by atoms with E-state index >= 15 is 0 Å². The molecule has 1 atom stereocenters. The highest BCUT2D eigenvalue weighted by Crippen LogP contribution is 2.42. The summed E-state index contributed by atoms with van der Waals surface area (Å²) in [6.45, 7) is 7.60. The maximum absolute atomic E-state index is 13.3. The van der Waals surface area contributed by atoms with E-state index in [1.807, 2.05) is 25.1 Å². The van der Waals surface area contributed by atoms with Crippen molar-refractivity contribution in [2.45, 2.75) is 39.8 Å². The van der Waals surface area contributed by atoms with E-state index < -0.39 is 17.7 Å². The van der Waals surface area contributed by atoms with Crippen molar-refractivity contribution in [2.75, 3.05) is 34.0 Å². The first-order chi connectivity index (χ1) is 20.2. The summed E-state index contributed by atoms with van der Waals surface area (Å²) in [5.74, 6) is 0.422. The lowest BCUT2D eigenvalue weighted by Crippen LogP contribution is -2.32. The van der Waals surface area contributed by atoms with E-state index in [9.17, 15) is 14.7 Å². The molecule has 1 aliphatic heterocycles. The van der Waals surface area contributed by atoms with Gasteiger partial charge in [-0.2, -0.15) is 0 Å². The third kappa shape index (κ3) is 7.12. The number of aliphatic hydroxyl groups is 1. The van der Waals surface area contributed by atoms with Crippen LogP contribution >= 0.6 is 0 Å². The van der Waals surface area contributed by atoms with Gasteiger partial charge in [-0.25, -0.2) is 0 Å². The maximum Gasteiger partial charge on any atom is 0.295 e. The number of carbonyl (C=O) groups is 2. The van der Waals surface area contributed by atoms with E-state index in [2.05, 4.69) is 19.9 Å². The molecule has 1 amide bonds. The molecule has 42 heavy (non-hydrogen) atoms. The number of hydrogen-bond donors (Lipinski definition) is 1. The summed E-state index contributed by atoms with van der Waals surface area (Å²) in [5, 5.41) is 11.4. The lowest BCUT2D eigenvalue weighted by molar-refractivity contribution is -0.140. The van der Waals surface area contributed by atoms with Gasteiger partial charge in [0.15, 0.2) is 11.5 Å². The second-order valence-electron chi connectivity index (χ2n) is 10.7. The Balaban J connectivity index is 1.65. The molecule has 4 rings (SSSR count). The third-order valence-corrected chi connectivity index (χ3v) is 7.15. The largest absolute Gasteiger partial charge is 0.507 e. The summed E-state index contributed by atoms with van der Waals surface area (Å²) in [7, 11) is 3.07. The minimum atomic E-state index is -0.837. The van der Waals surface area contributed by atoms with Crippen LogP contribution in [0.1, 0.15) is 48.6 Å². The Morgan fingerprint density at radius 2 is 1.69 bits per heavy atom. The van der Waals surface area contributed by atoms with Crippen molar-refractivity contribution in [2.24, 2.45) is 5.92 Å². The molecule has 8 nitrogen and oxygen atoms in total. The Labute approximate surface area is 247 Å². The average molecular weight is 574 g/mol. The van der Waals surface area contributed by atoms with Crippen molar-refractivity contribution in [3.05, 3.63) is 94.6 Å². The molecule has 1 saturated heterocycles. The molecule has 0 aliphatic carbocycles. The monoisotopic (exact) mass is 573 g/mol. The van der Waals surface area contributed by atoms with E-state index in [1.54, 1.807) is 49.6 Å². The average Bonchev–Trinajstić information content (AvgIpc) is 3.23. The summed E-state index contributed by atoms with van der Waals surface area (Å²) < 4.78 is 22.7. The molecule has 3 aromatic rings. The second-order valence-corrected chi connectivity index (χ2v) is 10.7. The van der Waals surface area contributed by atoms with Crippen LogP contribution < -0.4 is 14.2 Å². The molecule has 1 fully saturated rings. The van der Waals surface area contributed by atoms with Gasteiger partial charge in [0.1, 0.15) is 18.1 Å². The fraction of sp³-hybridized carbons (Fsp3) is 0.353. The molecular formula is C34H39NO7. The predicted octanol–water partition coefficient (Wildman–Crippen LogP) is 6.08. The van der Waals surface area contributed by atoms with E-state index in [0.717, 1.165) is 17.5 Å². The molecule has 0 bridgehead atoms. The zero-order chi connectivity index (χ0) is 30.2. The van der Waals surface area contributed by atoms with E-state index in [0.29, 0.717) is 47.5 Å². The van der Waals surface area contributed by atoms with Crippen LogP contribution in [0.5, 0.6) is 17.2 Å². The number of benzene rings is 3. The number of methoxy groups -OCH3 is 2. The lowest BCUT2D eigenvalue weighted by atomic mass is 9.95. The Bertz CT molecular complexity index is 1430. The smallest absolute Gasteiger partial charge is 0.295 e. The second kappa shape index (κ2) is 14.0. The number of carbonyl (C=O) groups excluding carboxylic acids is 2. The number of nitrogens with zero attached hydrogens (tertiary/aromatic N) is 1. The maximum atomic E-state index is 13.3. The van der Waals surface area contributed by atoms with Gasteiger partial charge in [0, 0.05) is 19.2 Å². The Hall–Kier alpha value is -4.30. The van der Waals surface area contributed by atoms with Crippen molar-refractivity contribution < 1.29 is 33.6 Å². The van der Waals surface area contributed by atoms with Crippen LogP contribution in [0.2, 0.25) is 0 Å². The van der Waals surface area contributed by atoms with Crippen molar-refractivity contribution in [3.8, 4) is 17.2 Å². The topological polar surface area (TPSA) is 94.5 Å².